The first-order chi connectivity index (χ1) is 15.2. The van der Waals surface area contributed by atoms with E-state index in [0.717, 1.165) is 38.9 Å². The van der Waals surface area contributed by atoms with Crippen LogP contribution in [0.2, 0.25) is 0 Å². The summed E-state index contributed by atoms with van der Waals surface area (Å²) < 4.78 is 40.6. The van der Waals surface area contributed by atoms with Crippen molar-refractivity contribution in [3.8, 4) is 0 Å². The van der Waals surface area contributed by atoms with Crippen LogP contribution in [0.3, 0.4) is 0 Å². The van der Waals surface area contributed by atoms with Gasteiger partial charge in [0, 0.05) is 33.0 Å². The van der Waals surface area contributed by atoms with Crippen molar-refractivity contribution in [1.29, 1.82) is 0 Å². The van der Waals surface area contributed by atoms with Gasteiger partial charge in [-0.05, 0) is 25.7 Å². The Labute approximate surface area is 186 Å². The average molecular weight is 720 g/mol. The van der Waals surface area contributed by atoms with Gasteiger partial charge in [0.15, 0.2) is 6.29 Å². The molecule has 2 saturated heterocycles. The number of aliphatic hydroxyl groups is 2. The third-order valence-corrected chi connectivity index (χ3v) is 4.19. The molecule has 188 valence electrons. The van der Waals surface area contributed by atoms with Crippen molar-refractivity contribution in [3.05, 3.63) is 14.2 Å². The molecule has 4 atom stereocenters. The van der Waals surface area contributed by atoms with Crippen molar-refractivity contribution < 1.29 is 48.1 Å². The Morgan fingerprint density at radius 2 is 1.44 bits per heavy atom. The van der Waals surface area contributed by atoms with E-state index < -0.39 is 12.2 Å². The normalized spacial score (nSPS) is 21.8. The molecule has 2 heterocycles. The van der Waals surface area contributed by atoms with Crippen LogP contribution in [-0.4, -0.2) is 107 Å². The van der Waals surface area contributed by atoms with Crippen LogP contribution in [0.25, 0.3) is 0 Å². The van der Waals surface area contributed by atoms with Crippen LogP contribution in [0, 0.1) is 14.2 Å². The predicted octanol–water partition coefficient (Wildman–Crippen LogP) is 0.693. The van der Waals surface area contributed by atoms with E-state index in [1.54, 1.807) is 0 Å². The van der Waals surface area contributed by atoms with Crippen molar-refractivity contribution in [2.75, 3.05) is 72.7 Å². The minimum Gasteiger partial charge on any atom is -0.553 e. The summed E-state index contributed by atoms with van der Waals surface area (Å²) in [6, 6.07) is 0. The summed E-state index contributed by atoms with van der Waals surface area (Å²) in [6.07, 6.45) is 3.08. The molecular formula is C21H40O10Rf-2. The van der Waals surface area contributed by atoms with E-state index in [4.69, 9.17) is 28.4 Å². The fourth-order valence-electron chi connectivity index (χ4n) is 2.53. The van der Waals surface area contributed by atoms with Gasteiger partial charge >= 0.3 is 0 Å². The van der Waals surface area contributed by atoms with Gasteiger partial charge in [0.2, 0.25) is 0 Å². The largest absolute Gasteiger partial charge is 0.553 e. The van der Waals surface area contributed by atoms with Crippen molar-refractivity contribution >= 4 is 0 Å². The second-order valence-electron chi connectivity index (χ2n) is 7.25. The zero-order chi connectivity index (χ0) is 22.6. The van der Waals surface area contributed by atoms with Crippen LogP contribution in [0.4, 0.5) is 0 Å². The Morgan fingerprint density at radius 1 is 0.812 bits per heavy atom. The number of hydrogen-bond acceptors (Lipinski definition) is 10. The fraction of sp³-hybridized carbons (Fsp3) is 0.905. The zero-order valence-corrected chi connectivity index (χ0v) is 25.6. The molecule has 2 aliphatic heterocycles. The summed E-state index contributed by atoms with van der Waals surface area (Å²) in [5, 5.41) is 18.4. The minimum atomic E-state index is -0.622. The Morgan fingerprint density at radius 3 is 2.00 bits per heavy atom. The van der Waals surface area contributed by atoms with Crippen LogP contribution in [0.1, 0.15) is 25.7 Å². The second kappa shape index (κ2) is 21.4. The third kappa shape index (κ3) is 19.3. The first kappa shape index (κ1) is 30.6. The van der Waals surface area contributed by atoms with Crippen molar-refractivity contribution in [1.82, 2.24) is 0 Å². The van der Waals surface area contributed by atoms with E-state index in [1.807, 2.05) is 0 Å². The number of aliphatic hydroxyl groups excluding tert-OH is 2. The van der Waals surface area contributed by atoms with Gasteiger partial charge in [0.25, 0.3) is 0 Å². The molecular weight excluding hydrogens is 679 g/mol. The Bertz CT molecular complexity index is 384. The first-order valence-corrected chi connectivity index (χ1v) is 10.8. The topological polar surface area (TPSA) is 118 Å². The number of rotatable bonds is 18. The van der Waals surface area contributed by atoms with Crippen LogP contribution in [-0.2, 0) is 37.9 Å². The van der Waals surface area contributed by atoms with Gasteiger partial charge in [-0.3, -0.25) is 0 Å². The van der Waals surface area contributed by atoms with Gasteiger partial charge < -0.3 is 48.1 Å². The maximum absolute atomic E-state index is 9.24. The molecule has 32 heavy (non-hydrogen) atoms. The summed E-state index contributed by atoms with van der Waals surface area (Å²) in [5.74, 6) is 0. The maximum atomic E-state index is 9.24. The number of ether oxygens (including phenoxy) is 8. The average Bonchev–Trinajstić information content (AvgIpc) is 3.59. The molecule has 2 fully saturated rings. The molecule has 0 bridgehead atoms. The SMILES string of the molecule is [CH2-]OCC(O)COCCCOCC1CO1.[CH2-]OCC(O)COCCOC1CCCCO1.[Rf]. The van der Waals surface area contributed by atoms with Crippen molar-refractivity contribution in [3.63, 3.8) is 0 Å². The molecule has 2 aliphatic rings. The van der Waals surface area contributed by atoms with E-state index in [0.29, 0.717) is 39.1 Å². The summed E-state index contributed by atoms with van der Waals surface area (Å²) in [6.45, 7) is 5.39. The maximum Gasteiger partial charge on any atom is 0.157 e. The van der Waals surface area contributed by atoms with E-state index in [9.17, 15) is 10.2 Å². The Balaban J connectivity index is 0.000000584. The molecule has 0 aliphatic carbocycles. The van der Waals surface area contributed by atoms with E-state index in [2.05, 4.69) is 23.7 Å². The summed E-state index contributed by atoms with van der Waals surface area (Å²) in [7, 11) is 6.34. The molecule has 2 rings (SSSR count). The zero-order valence-electron chi connectivity index (χ0n) is 19.2. The quantitative estimate of drug-likeness (QED) is 0.119. The Kier molecular flexibility index (Phi) is 20.5. The molecule has 0 aromatic heterocycles. The van der Waals surface area contributed by atoms with E-state index in [1.165, 1.54) is 0 Å². The third-order valence-electron chi connectivity index (χ3n) is 4.19. The first-order valence-electron chi connectivity index (χ1n) is 10.8. The number of hydrogen-bond donors (Lipinski definition) is 2. The molecule has 0 aromatic rings. The van der Waals surface area contributed by atoms with Gasteiger partial charge in [-0.15, -0.1) is 0 Å². The van der Waals surface area contributed by atoms with E-state index >= 15 is 0 Å². The fourth-order valence-corrected chi connectivity index (χ4v) is 2.53. The van der Waals surface area contributed by atoms with Gasteiger partial charge in [0.1, 0.15) is 6.10 Å². The van der Waals surface area contributed by atoms with Crippen molar-refractivity contribution in [2.24, 2.45) is 0 Å². The van der Waals surface area contributed by atoms with Gasteiger partial charge in [-0.25, -0.2) is 14.2 Å². The van der Waals surface area contributed by atoms with Gasteiger partial charge in [-0.1, -0.05) is 0 Å². The second-order valence-corrected chi connectivity index (χ2v) is 7.25. The van der Waals surface area contributed by atoms with E-state index in [-0.39, 0.29) is 32.7 Å². The molecule has 0 saturated carbocycles. The smallest absolute Gasteiger partial charge is 0.157 e. The summed E-state index contributed by atoms with van der Waals surface area (Å²) in [4.78, 5) is 0. The van der Waals surface area contributed by atoms with Crippen molar-refractivity contribution in [2.45, 2.75) is 50.3 Å². The molecule has 10 nitrogen and oxygen atoms in total. The van der Waals surface area contributed by atoms with Crippen LogP contribution >= 0.6 is 0 Å². The predicted molar refractivity (Wildman–Crippen MR) is 111 cm³/mol. The molecule has 2 N–H and O–H groups in total. The summed E-state index contributed by atoms with van der Waals surface area (Å²) in [5.41, 5.74) is 0. The van der Waals surface area contributed by atoms with Crippen LogP contribution < -0.4 is 0 Å². The van der Waals surface area contributed by atoms with Crippen LogP contribution in [0.5, 0.6) is 0 Å². The molecule has 0 radical (unpaired) electrons. The van der Waals surface area contributed by atoms with Crippen LogP contribution in [0.15, 0.2) is 0 Å². The van der Waals surface area contributed by atoms with Gasteiger partial charge in [0.05, 0.1) is 51.8 Å². The molecule has 0 spiro atoms. The standard InChI is InChI=1S/C11H21O5.C10H19O5.Rf/c1-13-8-10(12)9-14-6-7-16-11-4-2-3-5-15-11;1-12-5-9(11)6-13-3-2-4-14-7-10-8-15-10;/h10-12H,1-9H2;9-11H,1-8H2;/q2*-1;. The molecule has 0 aromatic carbocycles. The monoisotopic (exact) mass is 719 g/mol. The summed E-state index contributed by atoms with van der Waals surface area (Å²) >= 11 is 0. The molecule has 11 heteroatoms. The minimum absolute atomic E-state index is 0. The number of epoxide rings is 1. The molecule has 4 unspecified atom stereocenters. The van der Waals surface area contributed by atoms with Gasteiger partial charge in [-0.2, -0.15) is 0 Å². The Hall–Kier alpha value is -1.40. The molecule has 0 amide bonds.